The molecule has 8 nitrogen and oxygen atoms in total. The molecule has 0 fully saturated rings. The third-order valence-corrected chi connectivity index (χ3v) is 5.07. The van der Waals surface area contributed by atoms with E-state index in [0.717, 1.165) is 16.8 Å². The maximum Gasteiger partial charge on any atom is 0.336 e. The maximum absolute atomic E-state index is 12.8. The van der Waals surface area contributed by atoms with Crippen molar-refractivity contribution >= 4 is 11.9 Å². The number of nitrogens with zero attached hydrogens (tertiary/aromatic N) is 3. The summed E-state index contributed by atoms with van der Waals surface area (Å²) in [6.45, 7) is 5.63. The Kier molecular flexibility index (Phi) is 5.62. The molecule has 0 spiro atoms. The summed E-state index contributed by atoms with van der Waals surface area (Å²) in [4.78, 5) is 38.0. The van der Waals surface area contributed by atoms with Crippen LogP contribution in [0.1, 0.15) is 52.8 Å². The molecule has 2 aromatic heterocycles. The fourth-order valence-electron chi connectivity index (χ4n) is 3.40. The van der Waals surface area contributed by atoms with Crippen LogP contribution in [0.2, 0.25) is 0 Å². The van der Waals surface area contributed by atoms with E-state index in [9.17, 15) is 9.59 Å². The Hall–Kier alpha value is -3.81. The molecule has 0 saturated heterocycles. The van der Waals surface area contributed by atoms with Crippen molar-refractivity contribution < 1.29 is 13.9 Å². The van der Waals surface area contributed by atoms with Crippen molar-refractivity contribution in [1.82, 2.24) is 15.3 Å². The summed E-state index contributed by atoms with van der Waals surface area (Å²) in [5, 5.41) is 2.67. The first kappa shape index (κ1) is 20.5. The molecule has 1 aliphatic rings. The van der Waals surface area contributed by atoms with Gasteiger partial charge in [-0.2, -0.15) is 0 Å². The second-order valence-corrected chi connectivity index (χ2v) is 7.21. The van der Waals surface area contributed by atoms with E-state index >= 15 is 0 Å². The van der Waals surface area contributed by atoms with E-state index in [2.05, 4.69) is 20.3 Å². The lowest BCUT2D eigenvalue weighted by molar-refractivity contribution is 0.0961. The number of rotatable bonds is 4. The van der Waals surface area contributed by atoms with E-state index in [0.29, 0.717) is 23.4 Å². The van der Waals surface area contributed by atoms with Gasteiger partial charge in [0.25, 0.3) is 11.9 Å². The van der Waals surface area contributed by atoms with Crippen molar-refractivity contribution in [3.05, 3.63) is 81.2 Å². The molecule has 0 bridgehead atoms. The number of ether oxygens (including phenoxy) is 1. The minimum Gasteiger partial charge on any atom is -0.460 e. The minimum absolute atomic E-state index is 0.0601. The monoisotopic (exact) mass is 418 g/mol. The highest BCUT2D eigenvalue weighted by Crippen LogP contribution is 2.25. The van der Waals surface area contributed by atoms with Crippen LogP contribution >= 0.6 is 0 Å². The smallest absolute Gasteiger partial charge is 0.336 e. The predicted octanol–water partition coefficient (Wildman–Crippen LogP) is 3.34. The Bertz CT molecular complexity index is 1220. The largest absolute Gasteiger partial charge is 0.460 e. The Morgan fingerprint density at radius 1 is 1.16 bits per heavy atom. The van der Waals surface area contributed by atoms with Crippen LogP contribution in [0.3, 0.4) is 0 Å². The molecule has 0 saturated carbocycles. The summed E-state index contributed by atoms with van der Waals surface area (Å²) in [6, 6.07) is 10.5. The number of aliphatic imine (C=N–C) groups is 1. The van der Waals surface area contributed by atoms with Crippen LogP contribution in [0.25, 0.3) is 11.4 Å². The number of amides is 1. The first-order valence-corrected chi connectivity index (χ1v) is 10.0. The lowest BCUT2D eigenvalue weighted by Crippen LogP contribution is -2.32. The number of aryl methyl sites for hydroxylation is 2. The average Bonchev–Trinajstić information content (AvgIpc) is 2.88. The molecule has 4 rings (SSSR count). The Morgan fingerprint density at radius 3 is 2.65 bits per heavy atom. The van der Waals surface area contributed by atoms with Gasteiger partial charge in [-0.1, -0.05) is 37.3 Å². The predicted molar refractivity (Wildman–Crippen MR) is 115 cm³/mol. The van der Waals surface area contributed by atoms with E-state index in [1.807, 2.05) is 44.2 Å². The van der Waals surface area contributed by atoms with Crippen LogP contribution in [0.4, 0.5) is 0 Å². The van der Waals surface area contributed by atoms with Crippen molar-refractivity contribution in [3.63, 3.8) is 0 Å². The summed E-state index contributed by atoms with van der Waals surface area (Å²) in [6.07, 6.45) is 2.23. The summed E-state index contributed by atoms with van der Waals surface area (Å²) in [7, 11) is 0. The molecule has 158 valence electrons. The lowest BCUT2D eigenvalue weighted by atomic mass is 10.0. The van der Waals surface area contributed by atoms with E-state index in [1.165, 1.54) is 6.07 Å². The number of amidine groups is 1. The maximum atomic E-state index is 12.8. The van der Waals surface area contributed by atoms with E-state index in [-0.39, 0.29) is 18.4 Å². The number of aromatic nitrogens is 2. The van der Waals surface area contributed by atoms with Crippen LogP contribution in [0, 0.1) is 6.92 Å². The summed E-state index contributed by atoms with van der Waals surface area (Å²) < 4.78 is 11.1. The number of hydrogen-bond acceptors (Lipinski definition) is 7. The molecular formula is C23H22N4O4. The molecule has 1 amide bonds. The van der Waals surface area contributed by atoms with Gasteiger partial charge in [-0.15, -0.1) is 0 Å². The molecule has 8 heteroatoms. The fourth-order valence-corrected chi connectivity index (χ4v) is 3.40. The second-order valence-electron chi connectivity index (χ2n) is 7.21. The summed E-state index contributed by atoms with van der Waals surface area (Å²) >= 11 is 0. The van der Waals surface area contributed by atoms with Crippen molar-refractivity contribution in [2.45, 2.75) is 39.8 Å². The normalized spacial score (nSPS) is 15.5. The SMILES string of the molecule is CCc1cc(=O)oc2c1C(=O)NC(OCc1cnc(-c3ccccc3)nc1C)=N[C@H]2C. The number of carbonyl (C=O) groups excluding carboxylic acids is 1. The zero-order valence-electron chi connectivity index (χ0n) is 17.5. The highest BCUT2D eigenvalue weighted by Gasteiger charge is 2.28. The Balaban J connectivity index is 1.54. The number of fused-ring (bicyclic) bond motifs is 1. The number of hydrogen-bond donors (Lipinski definition) is 1. The van der Waals surface area contributed by atoms with Gasteiger partial charge in [0, 0.05) is 29.1 Å². The number of carbonyl (C=O) groups is 1. The van der Waals surface area contributed by atoms with Gasteiger partial charge < -0.3 is 9.15 Å². The van der Waals surface area contributed by atoms with E-state index < -0.39 is 17.6 Å². The molecular weight excluding hydrogens is 396 g/mol. The average molecular weight is 418 g/mol. The Labute approximate surface area is 179 Å². The van der Waals surface area contributed by atoms with Gasteiger partial charge >= 0.3 is 5.63 Å². The Morgan fingerprint density at radius 2 is 1.94 bits per heavy atom. The van der Waals surface area contributed by atoms with Crippen LogP contribution in [0.15, 0.2) is 56.8 Å². The van der Waals surface area contributed by atoms with Gasteiger partial charge in [-0.3, -0.25) is 10.1 Å². The topological polar surface area (TPSA) is 107 Å². The molecule has 1 aromatic carbocycles. The first-order chi connectivity index (χ1) is 15.0. The van der Waals surface area contributed by atoms with Crippen molar-refractivity contribution in [3.8, 4) is 11.4 Å². The molecule has 31 heavy (non-hydrogen) atoms. The standard InChI is InChI=1S/C23H22N4O4/c1-4-15-10-18(28)31-20-14(3)26-23(27-22(29)19(15)20)30-12-17-11-24-21(25-13(17)2)16-8-6-5-7-9-16/h5-11,14H,4,12H2,1-3H3,(H,26,27,29)/t14-/m0/s1. The van der Waals surface area contributed by atoms with Gasteiger partial charge in [-0.05, 0) is 25.8 Å². The van der Waals surface area contributed by atoms with Crippen molar-refractivity contribution in [2.75, 3.05) is 0 Å². The highest BCUT2D eigenvalue weighted by molar-refractivity contribution is 6.06. The zero-order chi connectivity index (χ0) is 22.0. The number of benzene rings is 1. The van der Waals surface area contributed by atoms with Gasteiger partial charge in [0.05, 0.1) is 5.56 Å². The zero-order valence-corrected chi connectivity index (χ0v) is 17.5. The second kappa shape index (κ2) is 8.51. The van der Waals surface area contributed by atoms with Crippen LogP contribution in [-0.4, -0.2) is 21.9 Å². The molecule has 0 aliphatic carbocycles. The fraction of sp³-hybridized carbons (Fsp3) is 0.261. The van der Waals surface area contributed by atoms with Gasteiger partial charge in [0.15, 0.2) is 5.82 Å². The van der Waals surface area contributed by atoms with Gasteiger partial charge in [0.2, 0.25) is 0 Å². The third kappa shape index (κ3) is 4.23. The quantitative estimate of drug-likeness (QED) is 0.696. The lowest BCUT2D eigenvalue weighted by Gasteiger charge is -2.11. The highest BCUT2D eigenvalue weighted by atomic mass is 16.5. The van der Waals surface area contributed by atoms with Crippen LogP contribution < -0.4 is 10.9 Å². The van der Waals surface area contributed by atoms with Crippen LogP contribution in [-0.2, 0) is 17.8 Å². The molecule has 3 aromatic rings. The molecule has 1 N–H and O–H groups in total. The molecule has 3 heterocycles. The first-order valence-electron chi connectivity index (χ1n) is 10.0. The van der Waals surface area contributed by atoms with Gasteiger partial charge in [-0.25, -0.2) is 19.8 Å². The molecule has 1 atom stereocenters. The van der Waals surface area contributed by atoms with Crippen molar-refractivity contribution in [1.29, 1.82) is 0 Å². The third-order valence-electron chi connectivity index (χ3n) is 5.07. The summed E-state index contributed by atoms with van der Waals surface area (Å²) in [5.74, 6) is 0.464. The number of nitrogens with one attached hydrogen (secondary N) is 1. The van der Waals surface area contributed by atoms with Crippen LogP contribution in [0.5, 0.6) is 0 Å². The van der Waals surface area contributed by atoms with Crippen molar-refractivity contribution in [2.24, 2.45) is 4.99 Å². The summed E-state index contributed by atoms with van der Waals surface area (Å²) in [5.41, 5.74) is 2.92. The molecule has 0 unspecified atom stereocenters. The molecule has 0 radical (unpaired) electrons. The van der Waals surface area contributed by atoms with E-state index in [4.69, 9.17) is 9.15 Å². The minimum atomic E-state index is -0.555. The van der Waals surface area contributed by atoms with Gasteiger partial charge in [0.1, 0.15) is 18.4 Å². The molecule has 1 aliphatic heterocycles. The van der Waals surface area contributed by atoms with E-state index in [1.54, 1.807) is 13.1 Å².